The summed E-state index contributed by atoms with van der Waals surface area (Å²) in [5.41, 5.74) is 7.03. The maximum atomic E-state index is 11.8. The summed E-state index contributed by atoms with van der Waals surface area (Å²) < 4.78 is 5.34. The molecule has 1 aliphatic rings. The van der Waals surface area contributed by atoms with Gasteiger partial charge in [-0.3, -0.25) is 9.59 Å². The first-order valence-electron chi connectivity index (χ1n) is 7.11. The lowest BCUT2D eigenvalue weighted by Crippen LogP contribution is -2.34. The first-order valence-corrected chi connectivity index (χ1v) is 7.11. The van der Waals surface area contributed by atoms with Crippen LogP contribution in [-0.4, -0.2) is 31.5 Å². The van der Waals surface area contributed by atoms with Crippen LogP contribution in [0.25, 0.3) is 0 Å². The minimum Gasteiger partial charge on any atom is -0.494 e. The minimum atomic E-state index is -0.532. The van der Waals surface area contributed by atoms with Gasteiger partial charge >= 0.3 is 0 Å². The Morgan fingerprint density at radius 1 is 1.50 bits per heavy atom. The van der Waals surface area contributed by atoms with E-state index in [9.17, 15) is 9.59 Å². The van der Waals surface area contributed by atoms with E-state index in [1.165, 1.54) is 0 Å². The quantitative estimate of drug-likeness (QED) is 0.865. The molecule has 2 rings (SSSR count). The lowest BCUT2D eigenvalue weighted by Gasteiger charge is -2.20. The van der Waals surface area contributed by atoms with Gasteiger partial charge in [-0.2, -0.15) is 0 Å². The van der Waals surface area contributed by atoms with Gasteiger partial charge in [0.15, 0.2) is 0 Å². The number of methoxy groups -OCH3 is 1. The fourth-order valence-corrected chi connectivity index (χ4v) is 2.30. The number of carbonyl (C=O) groups is 2. The number of hydrogen-bond acceptors (Lipinski definition) is 4. The zero-order chi connectivity index (χ0) is 15.4. The summed E-state index contributed by atoms with van der Waals surface area (Å²) in [6.07, 6.45) is 1.99. The number of halogens is 1. The van der Waals surface area contributed by atoms with E-state index in [4.69, 9.17) is 10.5 Å². The number of nitrogens with zero attached hydrogens (tertiary/aromatic N) is 1. The molecule has 1 aromatic rings. The van der Waals surface area contributed by atoms with Crippen molar-refractivity contribution in [1.82, 2.24) is 0 Å². The third kappa shape index (κ3) is 3.90. The monoisotopic (exact) mass is 327 g/mol. The SMILES string of the molecule is CC[C@H](N)C(=O)Nc1ccc(N2CCCC2=O)c(OC)c1.Cl. The Hall–Kier alpha value is -1.79. The molecule has 0 aliphatic carbocycles. The summed E-state index contributed by atoms with van der Waals surface area (Å²) in [7, 11) is 1.54. The summed E-state index contributed by atoms with van der Waals surface area (Å²) >= 11 is 0. The lowest BCUT2D eigenvalue weighted by atomic mass is 10.2. The Morgan fingerprint density at radius 2 is 2.23 bits per heavy atom. The molecule has 1 atom stereocenters. The number of amides is 2. The molecule has 0 radical (unpaired) electrons. The molecule has 6 nitrogen and oxygen atoms in total. The zero-order valence-corrected chi connectivity index (χ0v) is 13.6. The summed E-state index contributed by atoms with van der Waals surface area (Å²) in [6.45, 7) is 2.55. The topological polar surface area (TPSA) is 84.7 Å². The Bertz CT molecular complexity index is 551. The van der Waals surface area contributed by atoms with Crippen LogP contribution in [0.3, 0.4) is 0 Å². The van der Waals surface area contributed by atoms with Crippen molar-refractivity contribution >= 4 is 35.6 Å². The highest BCUT2D eigenvalue weighted by atomic mass is 35.5. The number of nitrogens with one attached hydrogen (secondary N) is 1. The minimum absolute atomic E-state index is 0. The molecule has 0 spiro atoms. The highest BCUT2D eigenvalue weighted by molar-refractivity contribution is 5.98. The second-order valence-corrected chi connectivity index (χ2v) is 5.04. The standard InChI is InChI=1S/C15H21N3O3.ClH/c1-3-11(16)15(20)17-10-6-7-12(13(9-10)21-2)18-8-4-5-14(18)19;/h6-7,9,11H,3-5,8,16H2,1-2H3,(H,17,20);1H/t11-;/m0./s1. The summed E-state index contributed by atoms with van der Waals surface area (Å²) in [5.74, 6) is 0.427. The predicted molar refractivity (Wildman–Crippen MR) is 88.7 cm³/mol. The fraction of sp³-hybridized carbons (Fsp3) is 0.467. The largest absolute Gasteiger partial charge is 0.494 e. The molecule has 22 heavy (non-hydrogen) atoms. The molecule has 1 aromatic carbocycles. The van der Waals surface area contributed by atoms with Crippen molar-refractivity contribution in [2.75, 3.05) is 23.9 Å². The molecule has 1 heterocycles. The Balaban J connectivity index is 0.00000242. The predicted octanol–water partition coefficient (Wildman–Crippen LogP) is 1.92. The van der Waals surface area contributed by atoms with Gasteiger partial charge in [0.2, 0.25) is 11.8 Å². The number of benzene rings is 1. The van der Waals surface area contributed by atoms with E-state index < -0.39 is 6.04 Å². The number of hydrogen-bond donors (Lipinski definition) is 2. The van der Waals surface area contributed by atoms with Crippen LogP contribution in [0, 0.1) is 0 Å². The van der Waals surface area contributed by atoms with E-state index in [0.29, 0.717) is 30.8 Å². The van der Waals surface area contributed by atoms with Gasteiger partial charge in [-0.05, 0) is 25.0 Å². The lowest BCUT2D eigenvalue weighted by molar-refractivity contribution is -0.118. The van der Waals surface area contributed by atoms with Crippen LogP contribution < -0.4 is 20.7 Å². The first kappa shape index (κ1) is 18.3. The van der Waals surface area contributed by atoms with Crippen molar-refractivity contribution in [3.63, 3.8) is 0 Å². The molecule has 1 aliphatic heterocycles. The highest BCUT2D eigenvalue weighted by Crippen LogP contribution is 2.33. The van der Waals surface area contributed by atoms with Gasteiger partial charge < -0.3 is 20.7 Å². The van der Waals surface area contributed by atoms with Gasteiger partial charge in [0, 0.05) is 24.7 Å². The molecule has 0 saturated carbocycles. The van der Waals surface area contributed by atoms with Crippen LogP contribution in [0.15, 0.2) is 18.2 Å². The third-order valence-electron chi connectivity index (χ3n) is 3.59. The van der Waals surface area contributed by atoms with Crippen LogP contribution in [0.2, 0.25) is 0 Å². The van der Waals surface area contributed by atoms with E-state index in [0.717, 1.165) is 12.1 Å². The summed E-state index contributed by atoms with van der Waals surface area (Å²) in [6, 6.07) is 4.72. The van der Waals surface area contributed by atoms with Gasteiger partial charge in [-0.15, -0.1) is 12.4 Å². The normalized spacial score (nSPS) is 15.2. The third-order valence-corrected chi connectivity index (χ3v) is 3.59. The van der Waals surface area contributed by atoms with Crippen molar-refractivity contribution in [2.24, 2.45) is 5.73 Å². The molecule has 1 fully saturated rings. The van der Waals surface area contributed by atoms with Gasteiger partial charge in [0.1, 0.15) is 5.75 Å². The van der Waals surface area contributed by atoms with E-state index in [2.05, 4.69) is 5.32 Å². The Kier molecular flexibility index (Phi) is 6.64. The number of ether oxygens (including phenoxy) is 1. The molecular formula is C15H22ClN3O3. The van der Waals surface area contributed by atoms with Crippen molar-refractivity contribution in [3.8, 4) is 5.75 Å². The number of rotatable bonds is 5. The van der Waals surface area contributed by atoms with Crippen LogP contribution >= 0.6 is 12.4 Å². The van der Waals surface area contributed by atoms with Gasteiger partial charge in [0.25, 0.3) is 0 Å². The second-order valence-electron chi connectivity index (χ2n) is 5.04. The van der Waals surface area contributed by atoms with Crippen LogP contribution in [0.5, 0.6) is 5.75 Å². The molecule has 122 valence electrons. The zero-order valence-electron chi connectivity index (χ0n) is 12.8. The second kappa shape index (κ2) is 8.00. The average molecular weight is 328 g/mol. The first-order chi connectivity index (χ1) is 10.1. The van der Waals surface area contributed by atoms with Crippen molar-refractivity contribution in [3.05, 3.63) is 18.2 Å². The molecular weight excluding hydrogens is 306 g/mol. The van der Waals surface area contributed by atoms with Crippen LogP contribution in [0.4, 0.5) is 11.4 Å². The summed E-state index contributed by atoms with van der Waals surface area (Å²) in [5, 5.41) is 2.75. The van der Waals surface area contributed by atoms with Gasteiger partial charge in [0.05, 0.1) is 18.8 Å². The van der Waals surface area contributed by atoms with E-state index in [1.54, 1.807) is 30.2 Å². The maximum Gasteiger partial charge on any atom is 0.241 e. The van der Waals surface area contributed by atoms with E-state index in [-0.39, 0.29) is 24.2 Å². The van der Waals surface area contributed by atoms with Crippen LogP contribution in [0.1, 0.15) is 26.2 Å². The average Bonchev–Trinajstić information content (AvgIpc) is 2.92. The van der Waals surface area contributed by atoms with Crippen LogP contribution in [-0.2, 0) is 9.59 Å². The molecule has 1 saturated heterocycles. The number of nitrogens with two attached hydrogens (primary N) is 1. The van der Waals surface area contributed by atoms with Crippen molar-refractivity contribution < 1.29 is 14.3 Å². The summed E-state index contributed by atoms with van der Waals surface area (Å²) in [4.78, 5) is 25.3. The van der Waals surface area contributed by atoms with Gasteiger partial charge in [-0.1, -0.05) is 6.92 Å². The maximum absolute atomic E-state index is 11.8. The number of anilines is 2. The molecule has 2 amide bonds. The number of carbonyl (C=O) groups excluding carboxylic acids is 2. The fourth-order valence-electron chi connectivity index (χ4n) is 2.30. The molecule has 3 N–H and O–H groups in total. The molecule has 0 unspecified atom stereocenters. The smallest absolute Gasteiger partial charge is 0.241 e. The Morgan fingerprint density at radius 3 is 2.77 bits per heavy atom. The van der Waals surface area contributed by atoms with E-state index in [1.807, 2.05) is 6.92 Å². The molecule has 0 aromatic heterocycles. The molecule has 0 bridgehead atoms. The molecule has 7 heteroatoms. The van der Waals surface area contributed by atoms with Crippen molar-refractivity contribution in [2.45, 2.75) is 32.2 Å². The van der Waals surface area contributed by atoms with E-state index >= 15 is 0 Å². The Labute approximate surface area is 136 Å². The van der Waals surface area contributed by atoms with Gasteiger partial charge in [-0.25, -0.2) is 0 Å². The highest BCUT2D eigenvalue weighted by Gasteiger charge is 2.24. The van der Waals surface area contributed by atoms with Crippen molar-refractivity contribution in [1.29, 1.82) is 0 Å².